The lowest BCUT2D eigenvalue weighted by molar-refractivity contribution is -0.129. The Labute approximate surface area is 160 Å². The standard InChI is InChI=1S/C22H28N2O3/c1-13(25)17-5-6-19-16-4-3-14-11-15(26)7-9-21(14,2)18(16)8-10-22(17,19)20(27)12-24-23/h11-12,16-19H,3-10H2,1-2H3/p+1/b20-12-/t16-,17-,18+,19+,21+,22+/m1/s1. The maximum Gasteiger partial charge on any atom is 0.387 e. The molecule has 0 radical (unpaired) electrons. The zero-order chi connectivity index (χ0) is 19.4. The van der Waals surface area contributed by atoms with Crippen LogP contribution in [0.3, 0.4) is 0 Å². The van der Waals surface area contributed by atoms with Crippen molar-refractivity contribution in [1.29, 1.82) is 5.39 Å². The molecule has 0 bridgehead atoms. The predicted octanol–water partition coefficient (Wildman–Crippen LogP) is 4.96. The van der Waals surface area contributed by atoms with E-state index in [0.29, 0.717) is 18.3 Å². The molecule has 0 unspecified atom stereocenters. The molecule has 5 nitrogen and oxygen atoms in total. The zero-order valence-electron chi connectivity index (χ0n) is 16.3. The van der Waals surface area contributed by atoms with Crippen molar-refractivity contribution in [3.8, 4) is 0 Å². The molecule has 0 spiro atoms. The van der Waals surface area contributed by atoms with Gasteiger partial charge in [-0.05, 0) is 81.1 Å². The maximum absolute atomic E-state index is 12.4. The molecule has 27 heavy (non-hydrogen) atoms. The van der Waals surface area contributed by atoms with Crippen molar-refractivity contribution in [3.63, 3.8) is 0 Å². The second-order valence-electron chi connectivity index (χ2n) is 9.42. The van der Waals surface area contributed by atoms with Crippen LogP contribution in [0.25, 0.3) is 4.98 Å². The molecule has 6 atom stereocenters. The second-order valence-corrected chi connectivity index (χ2v) is 9.42. The lowest BCUT2D eigenvalue weighted by Gasteiger charge is -2.58. The van der Waals surface area contributed by atoms with Crippen LogP contribution in [0.15, 0.2) is 23.6 Å². The van der Waals surface area contributed by atoms with Crippen molar-refractivity contribution >= 4 is 11.6 Å². The highest BCUT2D eigenvalue weighted by atomic mass is 16.3. The molecule has 4 aliphatic rings. The first-order valence-electron chi connectivity index (χ1n) is 10.3. The molecule has 0 aliphatic heterocycles. The molecule has 4 aliphatic carbocycles. The Morgan fingerprint density at radius 3 is 2.70 bits per heavy atom. The van der Waals surface area contributed by atoms with Crippen molar-refractivity contribution < 1.29 is 14.7 Å². The monoisotopic (exact) mass is 369 g/mol. The SMILES string of the molecule is CC(=O)[C@H]1CC[C@H]2[C@@H]3CCC4=CC(=O)CC[C@]4(C)[C@H]3CC[C@]12/C(O)=C/[N+]#N. The number of carbonyl (C=O) groups is 2. The average Bonchev–Trinajstić information content (AvgIpc) is 3.03. The summed E-state index contributed by atoms with van der Waals surface area (Å²) in [5.74, 6) is 1.43. The van der Waals surface area contributed by atoms with Gasteiger partial charge >= 0.3 is 6.20 Å². The van der Waals surface area contributed by atoms with Gasteiger partial charge in [0.2, 0.25) is 5.39 Å². The third-order valence-electron chi connectivity index (χ3n) is 8.63. The van der Waals surface area contributed by atoms with E-state index in [9.17, 15) is 14.7 Å². The molecule has 144 valence electrons. The average molecular weight is 369 g/mol. The molecule has 0 heterocycles. The lowest BCUT2D eigenvalue weighted by atomic mass is 9.46. The summed E-state index contributed by atoms with van der Waals surface area (Å²) >= 11 is 0. The molecule has 4 rings (SSSR count). The number of rotatable bonds is 2. The number of diazo groups is 1. The fourth-order valence-electron chi connectivity index (χ4n) is 7.47. The predicted molar refractivity (Wildman–Crippen MR) is 101 cm³/mol. The fourth-order valence-corrected chi connectivity index (χ4v) is 7.47. The van der Waals surface area contributed by atoms with Crippen molar-refractivity contribution in [2.75, 3.05) is 0 Å². The Balaban J connectivity index is 1.75. The van der Waals surface area contributed by atoms with Gasteiger partial charge in [-0.25, -0.2) is 0 Å². The van der Waals surface area contributed by atoms with E-state index in [1.54, 1.807) is 6.92 Å². The Morgan fingerprint density at radius 1 is 1.22 bits per heavy atom. The van der Waals surface area contributed by atoms with Crippen LogP contribution in [-0.4, -0.2) is 16.7 Å². The Bertz CT molecular complexity index is 792. The van der Waals surface area contributed by atoms with E-state index in [1.807, 2.05) is 6.08 Å². The minimum atomic E-state index is -0.582. The first-order valence-corrected chi connectivity index (χ1v) is 10.3. The third-order valence-corrected chi connectivity index (χ3v) is 8.63. The van der Waals surface area contributed by atoms with Gasteiger partial charge < -0.3 is 5.11 Å². The van der Waals surface area contributed by atoms with Gasteiger partial charge in [0.15, 0.2) is 16.5 Å². The van der Waals surface area contributed by atoms with E-state index in [-0.39, 0.29) is 34.6 Å². The topological polar surface area (TPSA) is 82.5 Å². The first kappa shape index (κ1) is 18.4. The molecule has 3 saturated carbocycles. The molecule has 0 aromatic carbocycles. The van der Waals surface area contributed by atoms with Gasteiger partial charge in [0, 0.05) is 17.8 Å². The Kier molecular flexibility index (Phi) is 4.29. The van der Waals surface area contributed by atoms with Gasteiger partial charge in [0.05, 0.1) is 0 Å². The van der Waals surface area contributed by atoms with Gasteiger partial charge in [-0.15, -0.1) is 0 Å². The quantitative estimate of drug-likeness (QED) is 0.551. The molecule has 3 fully saturated rings. The summed E-state index contributed by atoms with van der Waals surface area (Å²) in [5.41, 5.74) is 0.804. The zero-order valence-corrected chi connectivity index (χ0v) is 16.3. The number of nitrogens with zero attached hydrogens (tertiary/aromatic N) is 2. The van der Waals surface area contributed by atoms with E-state index in [1.165, 1.54) is 5.57 Å². The number of hydrogen-bond acceptors (Lipinski definition) is 4. The number of aliphatic hydroxyl groups is 1. The summed E-state index contributed by atoms with van der Waals surface area (Å²) < 4.78 is 0. The summed E-state index contributed by atoms with van der Waals surface area (Å²) in [7, 11) is 0. The normalized spacial score (nSPS) is 43.8. The maximum atomic E-state index is 12.4. The number of fused-ring (bicyclic) bond motifs is 5. The van der Waals surface area contributed by atoms with Crippen molar-refractivity contribution in [2.24, 2.45) is 34.5 Å². The summed E-state index contributed by atoms with van der Waals surface area (Å²) in [6.07, 6.45) is 9.96. The van der Waals surface area contributed by atoms with E-state index in [2.05, 4.69) is 11.9 Å². The van der Waals surface area contributed by atoms with Crippen LogP contribution in [0.5, 0.6) is 0 Å². The lowest BCUT2D eigenvalue weighted by Crippen LogP contribution is -2.52. The number of carbonyl (C=O) groups excluding carboxylic acids is 2. The highest BCUT2D eigenvalue weighted by Crippen LogP contribution is 2.68. The van der Waals surface area contributed by atoms with Crippen molar-refractivity contribution in [3.05, 3.63) is 28.6 Å². The van der Waals surface area contributed by atoms with Gasteiger partial charge in [-0.3, -0.25) is 9.59 Å². The Morgan fingerprint density at radius 2 is 2.00 bits per heavy atom. The highest BCUT2D eigenvalue weighted by molar-refractivity contribution is 5.91. The Hall–Kier alpha value is -1.96. The number of ketones is 2. The van der Waals surface area contributed by atoms with Gasteiger partial charge in [0.1, 0.15) is 5.78 Å². The molecule has 0 aromatic rings. The van der Waals surface area contributed by atoms with E-state index >= 15 is 0 Å². The first-order chi connectivity index (χ1) is 12.8. The molecule has 0 aromatic heterocycles. The number of hydrogen-bond donors (Lipinski definition) is 1. The number of aliphatic hydroxyl groups excluding tert-OH is 1. The fraction of sp³-hybridized carbons (Fsp3) is 0.727. The summed E-state index contributed by atoms with van der Waals surface area (Å²) in [4.78, 5) is 27.4. The van der Waals surface area contributed by atoms with Crippen LogP contribution in [-0.2, 0) is 9.59 Å². The highest BCUT2D eigenvalue weighted by Gasteiger charge is 2.64. The minimum Gasteiger partial charge on any atom is -0.505 e. The van der Waals surface area contributed by atoms with Gasteiger partial charge in [0.25, 0.3) is 0 Å². The van der Waals surface area contributed by atoms with E-state index in [0.717, 1.165) is 51.1 Å². The minimum absolute atomic E-state index is 0.0674. The summed E-state index contributed by atoms with van der Waals surface area (Å²) in [6.45, 7) is 3.95. The van der Waals surface area contributed by atoms with E-state index in [4.69, 9.17) is 5.39 Å². The van der Waals surface area contributed by atoms with Crippen LogP contribution >= 0.6 is 0 Å². The van der Waals surface area contributed by atoms with E-state index < -0.39 is 5.41 Å². The summed E-state index contributed by atoms with van der Waals surface area (Å²) in [5, 5.41) is 19.9. The second kappa shape index (κ2) is 6.29. The molecule has 0 saturated heterocycles. The van der Waals surface area contributed by atoms with Crippen LogP contribution in [0.1, 0.15) is 65.2 Å². The summed E-state index contributed by atoms with van der Waals surface area (Å²) in [6, 6.07) is 0. The van der Waals surface area contributed by atoms with Gasteiger partial charge in [-0.2, -0.15) is 0 Å². The van der Waals surface area contributed by atoms with Crippen LogP contribution in [0.4, 0.5) is 0 Å². The van der Waals surface area contributed by atoms with Crippen LogP contribution < -0.4 is 0 Å². The molecule has 1 N–H and O–H groups in total. The third kappa shape index (κ3) is 2.45. The van der Waals surface area contributed by atoms with Crippen LogP contribution in [0, 0.1) is 39.9 Å². The smallest absolute Gasteiger partial charge is 0.387 e. The number of Topliss-reactive ketones (excluding diaryl/α,β-unsaturated/α-hetero) is 1. The van der Waals surface area contributed by atoms with Crippen molar-refractivity contribution in [2.45, 2.75) is 65.2 Å². The van der Waals surface area contributed by atoms with Crippen LogP contribution in [0.2, 0.25) is 0 Å². The molecular weight excluding hydrogens is 340 g/mol. The molecule has 0 amide bonds. The molecule has 5 heteroatoms. The largest absolute Gasteiger partial charge is 0.505 e. The molecular formula is C22H29N2O3+. The number of allylic oxidation sites excluding steroid dienone is 2. The van der Waals surface area contributed by atoms with Crippen molar-refractivity contribution in [1.82, 2.24) is 0 Å². The van der Waals surface area contributed by atoms with Gasteiger partial charge in [-0.1, -0.05) is 12.5 Å².